The van der Waals surface area contributed by atoms with Crippen LogP contribution < -0.4 is 5.73 Å². The molecule has 0 saturated carbocycles. The first kappa shape index (κ1) is 8.82. The molecule has 1 aliphatic carbocycles. The van der Waals surface area contributed by atoms with E-state index in [1.165, 1.54) is 17.5 Å². The van der Waals surface area contributed by atoms with Crippen molar-refractivity contribution in [2.24, 2.45) is 17.6 Å². The SMILES string of the molecule is CC(CN)C1c2c[nH]cc2CC1C. The maximum atomic E-state index is 5.73. The minimum absolute atomic E-state index is 0.604. The maximum absolute atomic E-state index is 5.73. The molecule has 3 atom stereocenters. The third-order valence-corrected chi connectivity index (χ3v) is 3.37. The van der Waals surface area contributed by atoms with Gasteiger partial charge in [0.15, 0.2) is 0 Å². The Labute approximate surface area is 79.5 Å². The van der Waals surface area contributed by atoms with E-state index >= 15 is 0 Å². The summed E-state index contributed by atoms with van der Waals surface area (Å²) in [6.07, 6.45) is 5.50. The summed E-state index contributed by atoms with van der Waals surface area (Å²) >= 11 is 0. The number of nitrogens with one attached hydrogen (secondary N) is 1. The van der Waals surface area contributed by atoms with Crippen LogP contribution in [-0.2, 0) is 6.42 Å². The fourth-order valence-corrected chi connectivity index (χ4v) is 2.69. The summed E-state index contributed by atoms with van der Waals surface area (Å²) in [6, 6.07) is 0. The van der Waals surface area contributed by atoms with Crippen molar-refractivity contribution < 1.29 is 0 Å². The Bertz CT molecular complexity index is 290. The molecule has 0 aromatic carbocycles. The van der Waals surface area contributed by atoms with Gasteiger partial charge in [-0.25, -0.2) is 0 Å². The smallest absolute Gasteiger partial charge is 0.00432 e. The molecule has 1 aromatic rings. The summed E-state index contributed by atoms with van der Waals surface area (Å²) in [5.74, 6) is 2.04. The van der Waals surface area contributed by atoms with Crippen LogP contribution in [0.2, 0.25) is 0 Å². The molecule has 1 aliphatic rings. The normalized spacial score (nSPS) is 28.8. The van der Waals surface area contributed by atoms with E-state index in [0.29, 0.717) is 11.8 Å². The highest BCUT2D eigenvalue weighted by molar-refractivity contribution is 5.34. The summed E-state index contributed by atoms with van der Waals surface area (Å²) in [7, 11) is 0. The van der Waals surface area contributed by atoms with Gasteiger partial charge < -0.3 is 10.7 Å². The molecule has 2 nitrogen and oxygen atoms in total. The van der Waals surface area contributed by atoms with Crippen molar-refractivity contribution in [2.45, 2.75) is 26.2 Å². The molecule has 2 rings (SSSR count). The summed E-state index contributed by atoms with van der Waals surface area (Å²) in [4.78, 5) is 3.19. The maximum Gasteiger partial charge on any atom is 0.00432 e. The Hall–Kier alpha value is -0.760. The molecule has 0 fully saturated rings. The number of hydrogen-bond acceptors (Lipinski definition) is 1. The summed E-state index contributed by atoms with van der Waals surface area (Å²) < 4.78 is 0. The molecule has 72 valence electrons. The van der Waals surface area contributed by atoms with Gasteiger partial charge in [0.2, 0.25) is 0 Å². The van der Waals surface area contributed by atoms with Gasteiger partial charge in [-0.05, 0) is 41.8 Å². The molecule has 1 aromatic heterocycles. The number of hydrogen-bond donors (Lipinski definition) is 2. The molecule has 0 spiro atoms. The highest BCUT2D eigenvalue weighted by Gasteiger charge is 2.33. The number of nitrogens with two attached hydrogens (primary N) is 1. The van der Waals surface area contributed by atoms with Crippen LogP contribution in [0.15, 0.2) is 12.4 Å². The van der Waals surface area contributed by atoms with Gasteiger partial charge in [-0.15, -0.1) is 0 Å². The fraction of sp³-hybridized carbons (Fsp3) is 0.636. The Morgan fingerprint density at radius 3 is 3.08 bits per heavy atom. The molecule has 13 heavy (non-hydrogen) atoms. The summed E-state index contributed by atoms with van der Waals surface area (Å²) in [5, 5.41) is 0. The highest BCUT2D eigenvalue weighted by Crippen LogP contribution is 2.41. The Morgan fingerprint density at radius 2 is 2.38 bits per heavy atom. The highest BCUT2D eigenvalue weighted by atomic mass is 14.7. The van der Waals surface area contributed by atoms with Gasteiger partial charge in [0.1, 0.15) is 0 Å². The molecule has 3 N–H and O–H groups in total. The predicted molar refractivity (Wildman–Crippen MR) is 54.6 cm³/mol. The lowest BCUT2D eigenvalue weighted by atomic mass is 9.84. The van der Waals surface area contributed by atoms with Crippen molar-refractivity contribution in [3.05, 3.63) is 23.5 Å². The van der Waals surface area contributed by atoms with Crippen LogP contribution in [0.25, 0.3) is 0 Å². The molecule has 0 aliphatic heterocycles. The quantitative estimate of drug-likeness (QED) is 0.713. The van der Waals surface area contributed by atoms with Crippen molar-refractivity contribution in [3.8, 4) is 0 Å². The third-order valence-electron chi connectivity index (χ3n) is 3.37. The van der Waals surface area contributed by atoms with E-state index in [4.69, 9.17) is 5.73 Å². The first-order valence-corrected chi connectivity index (χ1v) is 5.09. The van der Waals surface area contributed by atoms with Gasteiger partial charge in [-0.3, -0.25) is 0 Å². The van der Waals surface area contributed by atoms with Crippen molar-refractivity contribution in [3.63, 3.8) is 0 Å². The molecule has 0 amide bonds. The number of H-pyrrole nitrogens is 1. The zero-order valence-corrected chi connectivity index (χ0v) is 8.38. The molecule has 0 radical (unpaired) electrons. The molecule has 3 unspecified atom stereocenters. The Morgan fingerprint density at radius 1 is 1.62 bits per heavy atom. The van der Waals surface area contributed by atoms with Crippen LogP contribution in [0.5, 0.6) is 0 Å². The van der Waals surface area contributed by atoms with Crippen molar-refractivity contribution >= 4 is 0 Å². The van der Waals surface area contributed by atoms with Crippen LogP contribution in [0.1, 0.15) is 30.9 Å². The van der Waals surface area contributed by atoms with Crippen LogP contribution in [0, 0.1) is 11.8 Å². The van der Waals surface area contributed by atoms with Crippen LogP contribution in [-0.4, -0.2) is 11.5 Å². The van der Waals surface area contributed by atoms with Crippen molar-refractivity contribution in [1.29, 1.82) is 0 Å². The van der Waals surface area contributed by atoms with Crippen LogP contribution in [0.4, 0.5) is 0 Å². The number of aromatic amines is 1. The lowest BCUT2D eigenvalue weighted by Gasteiger charge is -2.22. The minimum atomic E-state index is 0.604. The van der Waals surface area contributed by atoms with E-state index in [0.717, 1.165) is 12.5 Å². The average Bonchev–Trinajstić information content (AvgIpc) is 2.62. The molecule has 2 heteroatoms. The topological polar surface area (TPSA) is 41.8 Å². The average molecular weight is 178 g/mol. The number of rotatable bonds is 2. The molecular weight excluding hydrogens is 160 g/mol. The van der Waals surface area contributed by atoms with E-state index in [1.807, 2.05) is 0 Å². The monoisotopic (exact) mass is 178 g/mol. The van der Waals surface area contributed by atoms with Crippen molar-refractivity contribution in [2.75, 3.05) is 6.54 Å². The van der Waals surface area contributed by atoms with Gasteiger partial charge in [-0.2, -0.15) is 0 Å². The zero-order chi connectivity index (χ0) is 9.42. The fourth-order valence-electron chi connectivity index (χ4n) is 2.69. The van der Waals surface area contributed by atoms with Gasteiger partial charge in [-0.1, -0.05) is 13.8 Å². The second-order valence-electron chi connectivity index (χ2n) is 4.36. The van der Waals surface area contributed by atoms with Crippen LogP contribution >= 0.6 is 0 Å². The van der Waals surface area contributed by atoms with Crippen LogP contribution in [0.3, 0.4) is 0 Å². The lowest BCUT2D eigenvalue weighted by molar-refractivity contribution is 0.375. The van der Waals surface area contributed by atoms with E-state index < -0.39 is 0 Å². The van der Waals surface area contributed by atoms with E-state index in [1.54, 1.807) is 0 Å². The van der Waals surface area contributed by atoms with E-state index in [9.17, 15) is 0 Å². The van der Waals surface area contributed by atoms with Gasteiger partial charge >= 0.3 is 0 Å². The molecular formula is C11H18N2. The van der Waals surface area contributed by atoms with Gasteiger partial charge in [0.25, 0.3) is 0 Å². The predicted octanol–water partition coefficient (Wildman–Crippen LogP) is 1.89. The van der Waals surface area contributed by atoms with E-state index in [-0.39, 0.29) is 0 Å². The number of aromatic nitrogens is 1. The minimum Gasteiger partial charge on any atom is -0.367 e. The first-order chi connectivity index (χ1) is 6.24. The molecule has 0 saturated heterocycles. The first-order valence-electron chi connectivity index (χ1n) is 5.09. The standard InChI is InChI=1S/C11H18N2/c1-7-3-9-5-13-6-10(9)11(7)8(2)4-12/h5-8,11,13H,3-4,12H2,1-2H3. The second-order valence-corrected chi connectivity index (χ2v) is 4.36. The molecule has 0 bridgehead atoms. The van der Waals surface area contributed by atoms with Crippen molar-refractivity contribution in [1.82, 2.24) is 4.98 Å². The van der Waals surface area contributed by atoms with E-state index in [2.05, 4.69) is 31.2 Å². The lowest BCUT2D eigenvalue weighted by Crippen LogP contribution is -2.21. The van der Waals surface area contributed by atoms with Gasteiger partial charge in [0.05, 0.1) is 0 Å². The largest absolute Gasteiger partial charge is 0.367 e. The van der Waals surface area contributed by atoms with Gasteiger partial charge in [0, 0.05) is 12.4 Å². The second kappa shape index (κ2) is 3.18. The zero-order valence-electron chi connectivity index (χ0n) is 8.38. The Balaban J connectivity index is 2.28. The third kappa shape index (κ3) is 1.29. The number of fused-ring (bicyclic) bond motifs is 1. The summed E-state index contributed by atoms with van der Waals surface area (Å²) in [6.45, 7) is 5.37. The Kier molecular flexibility index (Phi) is 2.16. The molecule has 1 heterocycles. The summed E-state index contributed by atoms with van der Waals surface area (Å²) in [5.41, 5.74) is 8.73.